The third kappa shape index (κ3) is 18.2. The van der Waals surface area contributed by atoms with Gasteiger partial charge in [0.25, 0.3) is 0 Å². The summed E-state index contributed by atoms with van der Waals surface area (Å²) in [6.07, 6.45) is 2.74. The van der Waals surface area contributed by atoms with E-state index < -0.39 is 0 Å². The van der Waals surface area contributed by atoms with Crippen LogP contribution in [-0.4, -0.2) is 61.5 Å². The van der Waals surface area contributed by atoms with E-state index in [0.717, 1.165) is 45.0 Å². The molecule has 0 heterocycles. The predicted octanol–water partition coefficient (Wildman–Crippen LogP) is 2.45. The molecule has 0 spiro atoms. The van der Waals surface area contributed by atoms with Gasteiger partial charge in [-0.25, -0.2) is 0 Å². The molecule has 0 unspecified atom stereocenters. The molecule has 4 nitrogen and oxygen atoms in total. The lowest BCUT2D eigenvalue weighted by atomic mass is 10.2. The van der Waals surface area contributed by atoms with E-state index in [-0.39, 0.29) is 29.4 Å². The predicted molar refractivity (Wildman–Crippen MR) is 110 cm³/mol. The first-order valence-electron chi connectivity index (χ1n) is 8.94. The van der Waals surface area contributed by atoms with Crippen molar-refractivity contribution in [3.05, 3.63) is 0 Å². The summed E-state index contributed by atoms with van der Waals surface area (Å²) in [5.41, 5.74) is 2.77. The van der Waals surface area contributed by atoms with Gasteiger partial charge in [0.05, 0.1) is 0 Å². The molecule has 0 aliphatic carbocycles. The molecule has 0 aromatic carbocycles. The van der Waals surface area contributed by atoms with Crippen LogP contribution in [0.4, 0.5) is 0 Å². The Morgan fingerprint density at radius 1 is 0.750 bits per heavy atom. The Hall–Kier alpha value is -0.192. The zero-order valence-electron chi connectivity index (χ0n) is 15.9. The van der Waals surface area contributed by atoms with Crippen molar-refractivity contribution in [2.45, 2.75) is 75.3 Å². The van der Waals surface area contributed by atoms with Gasteiger partial charge in [-0.1, -0.05) is 49.6 Å². The highest BCUT2D eigenvalue weighted by Gasteiger charge is 2.06. The maximum Gasteiger partial charge on any atom is 0.220 e. The van der Waals surface area contributed by atoms with Crippen LogP contribution < -0.4 is 10.6 Å². The highest BCUT2D eigenvalue weighted by atomic mass is 28.3. The number of carbonyl (C=O) groups is 2. The maximum absolute atomic E-state index is 11.7. The molecule has 0 aromatic heterocycles. The van der Waals surface area contributed by atoms with E-state index in [1.165, 1.54) is 23.4 Å². The lowest BCUT2D eigenvalue weighted by molar-refractivity contribution is -0.126. The van der Waals surface area contributed by atoms with Gasteiger partial charge in [0, 0.05) is 62.6 Å². The molecule has 2 N–H and O–H groups in total. The molecule has 0 aliphatic heterocycles. The second-order valence-electron chi connectivity index (χ2n) is 6.67. The molecular formula is C16H34N2O2Si4. The highest BCUT2D eigenvalue weighted by Crippen LogP contribution is 1.97. The molecule has 0 aromatic rings. The van der Waals surface area contributed by atoms with Gasteiger partial charge >= 0.3 is 0 Å². The molecule has 0 bridgehead atoms. The first-order chi connectivity index (χ1) is 11.4. The van der Waals surface area contributed by atoms with Gasteiger partial charge in [-0.2, -0.15) is 0 Å². The monoisotopic (exact) mass is 398 g/mol. The van der Waals surface area contributed by atoms with Gasteiger partial charge in [-0.3, -0.25) is 9.59 Å². The summed E-state index contributed by atoms with van der Waals surface area (Å²) in [5.74, 6) is 0.0116. The van der Waals surface area contributed by atoms with E-state index >= 15 is 0 Å². The summed E-state index contributed by atoms with van der Waals surface area (Å²) < 4.78 is 0. The van der Waals surface area contributed by atoms with E-state index in [9.17, 15) is 9.59 Å². The third-order valence-corrected chi connectivity index (χ3v) is 12.3. The minimum Gasteiger partial charge on any atom is -0.356 e. The summed E-state index contributed by atoms with van der Waals surface area (Å²) in [6.45, 7) is 10.9. The number of carbonyl (C=O) groups excluding carboxylic acids is 2. The van der Waals surface area contributed by atoms with Crippen LogP contribution >= 0.6 is 0 Å². The summed E-state index contributed by atoms with van der Waals surface area (Å²) in [5, 5.41) is 5.84. The van der Waals surface area contributed by atoms with Gasteiger partial charge in [0.2, 0.25) is 11.8 Å². The highest BCUT2D eigenvalue weighted by molar-refractivity contribution is 6.68. The van der Waals surface area contributed by atoms with Crippen molar-refractivity contribution >= 4 is 48.4 Å². The van der Waals surface area contributed by atoms with E-state index in [2.05, 4.69) is 36.8 Å². The van der Waals surface area contributed by atoms with Gasteiger partial charge in [0.1, 0.15) is 0 Å². The van der Waals surface area contributed by atoms with E-state index in [0.29, 0.717) is 12.8 Å². The molecule has 0 atom stereocenters. The summed E-state index contributed by atoms with van der Waals surface area (Å²) >= 11 is 0. The van der Waals surface area contributed by atoms with Crippen LogP contribution in [0.1, 0.15) is 25.7 Å². The Morgan fingerprint density at radius 3 is 1.46 bits per heavy atom. The minimum atomic E-state index is -0.0902. The third-order valence-electron chi connectivity index (χ3n) is 3.24. The quantitative estimate of drug-likeness (QED) is 0.329. The van der Waals surface area contributed by atoms with Crippen molar-refractivity contribution < 1.29 is 9.59 Å². The average molecular weight is 399 g/mol. The van der Waals surface area contributed by atoms with Crippen LogP contribution in [0.2, 0.25) is 49.6 Å². The minimum absolute atomic E-state index is 0.00580. The van der Waals surface area contributed by atoms with Crippen molar-refractivity contribution in [2.24, 2.45) is 0 Å². The fourth-order valence-electron chi connectivity index (χ4n) is 1.96. The molecular weight excluding hydrogens is 365 g/mol. The summed E-state index contributed by atoms with van der Waals surface area (Å²) in [6, 6.07) is 2.44. The van der Waals surface area contributed by atoms with Crippen LogP contribution in [0.25, 0.3) is 0 Å². The van der Waals surface area contributed by atoms with Crippen molar-refractivity contribution in [2.75, 3.05) is 13.1 Å². The molecule has 6 radical (unpaired) electrons. The molecule has 0 aliphatic rings. The number of nitrogens with one attached hydrogen (secondary N) is 2. The Bertz CT molecular complexity index is 310. The van der Waals surface area contributed by atoms with Crippen molar-refractivity contribution in [1.82, 2.24) is 10.6 Å². The zero-order chi connectivity index (χ0) is 18.2. The molecule has 0 fully saturated rings. The topological polar surface area (TPSA) is 58.2 Å². The standard InChI is InChI=1S/C16H34N2O2Si4/c1-23(2)13-21-11-5-9-17-15(19)7-8-16(20)18-10-6-12-22-14-24(3)4/h5-14H2,1-4H3,(H,17,19)(H,18,20). The van der Waals surface area contributed by atoms with E-state index in [4.69, 9.17) is 0 Å². The van der Waals surface area contributed by atoms with Crippen LogP contribution in [0.3, 0.4) is 0 Å². The molecule has 0 rings (SSSR count). The Kier molecular flexibility index (Phi) is 16.2. The molecule has 2 amide bonds. The molecule has 24 heavy (non-hydrogen) atoms. The second kappa shape index (κ2) is 16.3. The van der Waals surface area contributed by atoms with E-state index in [1.54, 1.807) is 0 Å². The maximum atomic E-state index is 11.7. The van der Waals surface area contributed by atoms with Crippen LogP contribution in [0.5, 0.6) is 0 Å². The molecule has 8 heteroatoms. The van der Waals surface area contributed by atoms with Crippen molar-refractivity contribution in [3.8, 4) is 0 Å². The normalized spacial score (nSPS) is 11.1. The lowest BCUT2D eigenvalue weighted by Crippen LogP contribution is -2.29. The zero-order valence-corrected chi connectivity index (χ0v) is 19.9. The van der Waals surface area contributed by atoms with Crippen molar-refractivity contribution in [3.63, 3.8) is 0 Å². The first kappa shape index (κ1) is 23.8. The van der Waals surface area contributed by atoms with Crippen LogP contribution in [-0.2, 0) is 9.59 Å². The van der Waals surface area contributed by atoms with Crippen molar-refractivity contribution in [1.29, 1.82) is 0 Å². The average Bonchev–Trinajstić information content (AvgIpc) is 2.51. The van der Waals surface area contributed by atoms with Crippen LogP contribution in [0, 0.1) is 0 Å². The Balaban J connectivity index is 3.40. The van der Waals surface area contributed by atoms with Gasteiger partial charge in [0.15, 0.2) is 0 Å². The summed E-state index contributed by atoms with van der Waals surface area (Å²) in [4.78, 5) is 23.4. The van der Waals surface area contributed by atoms with E-state index in [1.807, 2.05) is 0 Å². The smallest absolute Gasteiger partial charge is 0.220 e. The summed E-state index contributed by atoms with van der Waals surface area (Å²) in [7, 11) is 1.90. The molecule has 0 saturated carbocycles. The van der Waals surface area contributed by atoms with Gasteiger partial charge in [-0.15, -0.1) is 0 Å². The van der Waals surface area contributed by atoms with Gasteiger partial charge < -0.3 is 10.6 Å². The largest absolute Gasteiger partial charge is 0.356 e. The Labute approximate surface area is 157 Å². The fraction of sp³-hybridized carbons (Fsp3) is 0.875. The second-order valence-corrected chi connectivity index (χ2v) is 16.3. The number of hydrogen-bond acceptors (Lipinski definition) is 2. The first-order valence-corrected chi connectivity index (χ1v) is 17.2. The number of rotatable bonds is 15. The SMILES string of the molecule is C[Si](C)C[Si]CCCNC(=O)CCC(=O)NCCC[Si]C[Si](C)C. The fourth-order valence-corrected chi connectivity index (χ4v) is 8.23. The number of hydrogen-bond donors (Lipinski definition) is 2. The Morgan fingerprint density at radius 2 is 1.12 bits per heavy atom. The molecule has 136 valence electrons. The van der Waals surface area contributed by atoms with Gasteiger partial charge in [-0.05, 0) is 12.8 Å². The molecule has 0 saturated heterocycles. The number of amides is 2. The lowest BCUT2D eigenvalue weighted by Gasteiger charge is -2.07. The van der Waals surface area contributed by atoms with Crippen LogP contribution in [0.15, 0.2) is 0 Å².